The zero-order valence-corrected chi connectivity index (χ0v) is 12.6. The molecule has 2 aliphatic rings. The molecule has 0 spiro atoms. The zero-order valence-electron chi connectivity index (χ0n) is 11.0. The molecule has 0 N–H and O–H groups in total. The Morgan fingerprint density at radius 1 is 1.12 bits per heavy atom. The van der Waals surface area contributed by atoms with Crippen molar-refractivity contribution in [3.05, 3.63) is 0 Å². The molecule has 0 radical (unpaired) electrons. The summed E-state index contributed by atoms with van der Waals surface area (Å²) in [5.41, 5.74) is 0. The number of methoxy groups -OCH3 is 1. The van der Waals surface area contributed by atoms with Crippen molar-refractivity contribution in [2.24, 2.45) is 0 Å². The van der Waals surface area contributed by atoms with Crippen molar-refractivity contribution >= 4 is 15.9 Å². The molecule has 100 valence electrons. The van der Waals surface area contributed by atoms with Gasteiger partial charge in [0.1, 0.15) is 0 Å². The maximum atomic E-state index is 5.57. The van der Waals surface area contributed by atoms with Gasteiger partial charge in [-0.3, -0.25) is 4.90 Å². The molecule has 0 saturated heterocycles. The fourth-order valence-corrected chi connectivity index (χ4v) is 3.51. The van der Waals surface area contributed by atoms with Gasteiger partial charge in [-0.2, -0.15) is 0 Å². The molecule has 0 bridgehead atoms. The molecule has 2 rings (SSSR count). The van der Waals surface area contributed by atoms with Crippen LogP contribution in [0.1, 0.15) is 51.4 Å². The number of rotatable bonds is 6. The first-order valence-corrected chi connectivity index (χ1v) is 8.31. The molecular formula is C14H26BrNO. The summed E-state index contributed by atoms with van der Waals surface area (Å²) in [6.07, 6.45) is 11.4. The number of nitrogens with zero attached hydrogens (tertiary/aromatic N) is 1. The molecule has 2 nitrogen and oxygen atoms in total. The van der Waals surface area contributed by atoms with Crippen LogP contribution in [0.4, 0.5) is 0 Å². The van der Waals surface area contributed by atoms with Crippen molar-refractivity contribution in [2.45, 2.75) is 69.6 Å². The summed E-state index contributed by atoms with van der Waals surface area (Å²) >= 11 is 3.57. The van der Waals surface area contributed by atoms with E-state index in [2.05, 4.69) is 20.8 Å². The van der Waals surface area contributed by atoms with Gasteiger partial charge in [-0.1, -0.05) is 22.4 Å². The van der Waals surface area contributed by atoms with E-state index in [0.717, 1.165) is 17.4 Å². The van der Waals surface area contributed by atoms with Crippen LogP contribution >= 0.6 is 15.9 Å². The van der Waals surface area contributed by atoms with Gasteiger partial charge in [-0.05, 0) is 51.5 Å². The van der Waals surface area contributed by atoms with E-state index in [1.807, 2.05) is 7.11 Å². The molecule has 2 aliphatic carbocycles. The fourth-order valence-electron chi connectivity index (χ4n) is 3.26. The summed E-state index contributed by atoms with van der Waals surface area (Å²) in [6.45, 7) is 1.27. The minimum atomic E-state index is 0.514. The molecular weight excluding hydrogens is 278 g/mol. The zero-order chi connectivity index (χ0) is 12.1. The Balaban J connectivity index is 1.88. The van der Waals surface area contributed by atoms with E-state index in [0.29, 0.717) is 6.10 Å². The van der Waals surface area contributed by atoms with Crippen LogP contribution in [0.15, 0.2) is 0 Å². The first-order chi connectivity index (χ1) is 8.35. The Labute approximate surface area is 114 Å². The third-order valence-corrected chi connectivity index (χ3v) is 5.06. The molecule has 2 unspecified atom stereocenters. The van der Waals surface area contributed by atoms with Gasteiger partial charge in [0, 0.05) is 24.5 Å². The Morgan fingerprint density at radius 3 is 2.41 bits per heavy atom. The van der Waals surface area contributed by atoms with Gasteiger partial charge in [0.2, 0.25) is 0 Å². The van der Waals surface area contributed by atoms with Crippen LogP contribution in [0, 0.1) is 0 Å². The largest absolute Gasteiger partial charge is 0.381 e. The van der Waals surface area contributed by atoms with Crippen LogP contribution in [-0.2, 0) is 4.74 Å². The van der Waals surface area contributed by atoms with Crippen molar-refractivity contribution in [1.29, 1.82) is 0 Å². The van der Waals surface area contributed by atoms with Gasteiger partial charge in [-0.25, -0.2) is 0 Å². The standard InChI is InChI=1S/C14H26BrNO/c1-17-14-8-3-7-13(11-14)16(10-4-9-15)12-5-2-6-12/h12-14H,2-11H2,1H3. The third kappa shape index (κ3) is 3.68. The SMILES string of the molecule is COC1CCCC(N(CCCBr)C2CCC2)C1. The molecule has 2 fully saturated rings. The van der Waals surface area contributed by atoms with Gasteiger partial charge in [0.05, 0.1) is 6.10 Å². The van der Waals surface area contributed by atoms with Crippen molar-refractivity contribution < 1.29 is 4.74 Å². The smallest absolute Gasteiger partial charge is 0.0586 e. The van der Waals surface area contributed by atoms with Crippen LogP contribution in [0.25, 0.3) is 0 Å². The summed E-state index contributed by atoms with van der Waals surface area (Å²) in [5, 5.41) is 1.14. The highest BCUT2D eigenvalue weighted by molar-refractivity contribution is 9.09. The number of hydrogen-bond acceptors (Lipinski definition) is 2. The van der Waals surface area contributed by atoms with Gasteiger partial charge >= 0.3 is 0 Å². The predicted molar refractivity (Wildman–Crippen MR) is 75.8 cm³/mol. The minimum Gasteiger partial charge on any atom is -0.381 e. The van der Waals surface area contributed by atoms with Gasteiger partial charge in [0.15, 0.2) is 0 Å². The molecule has 17 heavy (non-hydrogen) atoms. The lowest BCUT2D eigenvalue weighted by Gasteiger charge is -2.45. The molecule has 0 aromatic heterocycles. The van der Waals surface area contributed by atoms with Crippen LogP contribution in [0.5, 0.6) is 0 Å². The van der Waals surface area contributed by atoms with Crippen LogP contribution < -0.4 is 0 Å². The van der Waals surface area contributed by atoms with E-state index in [-0.39, 0.29) is 0 Å². The highest BCUT2D eigenvalue weighted by Gasteiger charge is 2.33. The number of alkyl halides is 1. The van der Waals surface area contributed by atoms with E-state index in [1.165, 1.54) is 57.9 Å². The second-order valence-electron chi connectivity index (χ2n) is 5.54. The van der Waals surface area contributed by atoms with E-state index >= 15 is 0 Å². The lowest BCUT2D eigenvalue weighted by Crippen LogP contribution is -2.49. The molecule has 0 aromatic rings. The number of halogens is 1. The number of hydrogen-bond donors (Lipinski definition) is 0. The summed E-state index contributed by atoms with van der Waals surface area (Å²) in [4.78, 5) is 2.80. The van der Waals surface area contributed by atoms with Crippen molar-refractivity contribution in [3.63, 3.8) is 0 Å². The quantitative estimate of drug-likeness (QED) is 0.695. The van der Waals surface area contributed by atoms with E-state index in [4.69, 9.17) is 4.74 Å². The first kappa shape index (κ1) is 13.8. The maximum Gasteiger partial charge on any atom is 0.0586 e. The summed E-state index contributed by atoms with van der Waals surface area (Å²) < 4.78 is 5.57. The van der Waals surface area contributed by atoms with Gasteiger partial charge in [0.25, 0.3) is 0 Å². The van der Waals surface area contributed by atoms with Crippen LogP contribution in [0.3, 0.4) is 0 Å². The molecule has 0 aliphatic heterocycles. The Hall–Kier alpha value is 0.400. The second-order valence-corrected chi connectivity index (χ2v) is 6.34. The topological polar surface area (TPSA) is 12.5 Å². The third-order valence-electron chi connectivity index (χ3n) is 4.49. The van der Waals surface area contributed by atoms with Gasteiger partial charge < -0.3 is 4.74 Å². The van der Waals surface area contributed by atoms with Crippen molar-refractivity contribution in [1.82, 2.24) is 4.90 Å². The highest BCUT2D eigenvalue weighted by Crippen LogP contribution is 2.32. The van der Waals surface area contributed by atoms with E-state index < -0.39 is 0 Å². The lowest BCUT2D eigenvalue weighted by molar-refractivity contribution is -0.000446. The Kier molecular flexibility index (Phi) is 5.78. The lowest BCUT2D eigenvalue weighted by atomic mass is 9.85. The van der Waals surface area contributed by atoms with Gasteiger partial charge in [-0.15, -0.1) is 0 Å². The predicted octanol–water partition coefficient (Wildman–Crippen LogP) is 3.58. The van der Waals surface area contributed by atoms with Crippen molar-refractivity contribution in [2.75, 3.05) is 19.0 Å². The molecule has 2 saturated carbocycles. The maximum absolute atomic E-state index is 5.57. The molecule has 3 heteroatoms. The fraction of sp³-hybridized carbons (Fsp3) is 1.00. The normalized spacial score (nSPS) is 30.5. The molecule has 0 aromatic carbocycles. The van der Waals surface area contributed by atoms with E-state index in [9.17, 15) is 0 Å². The average Bonchev–Trinajstić information content (AvgIpc) is 2.32. The second kappa shape index (κ2) is 7.10. The first-order valence-electron chi connectivity index (χ1n) is 7.19. The Morgan fingerprint density at radius 2 is 1.82 bits per heavy atom. The van der Waals surface area contributed by atoms with Crippen LogP contribution in [-0.4, -0.2) is 42.1 Å². The molecule has 2 atom stereocenters. The number of ether oxygens (including phenoxy) is 1. The van der Waals surface area contributed by atoms with Crippen LogP contribution in [0.2, 0.25) is 0 Å². The summed E-state index contributed by atoms with van der Waals surface area (Å²) in [6, 6.07) is 1.67. The Bertz CT molecular complexity index is 220. The van der Waals surface area contributed by atoms with E-state index in [1.54, 1.807) is 0 Å². The molecule has 0 heterocycles. The minimum absolute atomic E-state index is 0.514. The molecule has 0 amide bonds. The van der Waals surface area contributed by atoms with Crippen molar-refractivity contribution in [3.8, 4) is 0 Å². The highest BCUT2D eigenvalue weighted by atomic mass is 79.9. The summed E-state index contributed by atoms with van der Waals surface area (Å²) in [7, 11) is 1.87. The monoisotopic (exact) mass is 303 g/mol. The average molecular weight is 304 g/mol. The summed E-state index contributed by atoms with van der Waals surface area (Å²) in [5.74, 6) is 0.